The van der Waals surface area contributed by atoms with Crippen LogP contribution in [-0.4, -0.2) is 18.2 Å². The summed E-state index contributed by atoms with van der Waals surface area (Å²) in [4.78, 5) is 13.1. The number of carbonyl (C=O) groups excluding carboxylic acids is 1. The summed E-state index contributed by atoms with van der Waals surface area (Å²) in [7, 11) is 0. The van der Waals surface area contributed by atoms with Crippen molar-refractivity contribution >= 4 is 6.09 Å². The van der Waals surface area contributed by atoms with Gasteiger partial charge in [0.1, 0.15) is 6.10 Å². The zero-order chi connectivity index (χ0) is 9.68. The Bertz CT molecular complexity index is 229. The first-order valence-corrected chi connectivity index (χ1v) is 4.22. The maximum atomic E-state index is 10.4. The minimum atomic E-state index is -0.729. The molecule has 1 fully saturated rings. The molecule has 0 spiro atoms. The summed E-state index contributed by atoms with van der Waals surface area (Å²) in [6.07, 6.45) is 2.17. The summed E-state index contributed by atoms with van der Waals surface area (Å²) in [5, 5.41) is 3.61. The Morgan fingerprint density at radius 2 is 2.08 bits per heavy atom. The molecule has 13 heavy (non-hydrogen) atoms. The number of primary amides is 1. The van der Waals surface area contributed by atoms with Crippen LogP contribution < -0.4 is 5.73 Å². The van der Waals surface area contributed by atoms with Crippen LogP contribution in [0, 0.1) is 0 Å². The zero-order valence-corrected chi connectivity index (χ0v) is 7.22. The van der Waals surface area contributed by atoms with E-state index in [1.54, 1.807) is 0 Å². The highest BCUT2D eigenvalue weighted by atomic mass is 16.6. The van der Waals surface area contributed by atoms with Crippen molar-refractivity contribution < 1.29 is 9.53 Å². The van der Waals surface area contributed by atoms with Crippen LogP contribution in [0.3, 0.4) is 0 Å². The Labute approximate surface area is 75.7 Å². The minimum Gasteiger partial charge on any atom is -0.446 e. The van der Waals surface area contributed by atoms with E-state index in [-0.39, 0.29) is 12.1 Å². The summed E-state index contributed by atoms with van der Waals surface area (Å²) in [6, 6.07) is 0.0535. The third-order valence-corrected chi connectivity index (χ3v) is 2.14. The lowest BCUT2D eigenvalue weighted by atomic mass is 9.94. The van der Waals surface area contributed by atoms with Crippen LogP contribution in [0.4, 0.5) is 4.79 Å². The van der Waals surface area contributed by atoms with Gasteiger partial charge in [0.15, 0.2) is 0 Å². The molecule has 0 bridgehead atoms. The van der Waals surface area contributed by atoms with Crippen molar-refractivity contribution in [1.29, 1.82) is 0 Å². The fraction of sp³-hybridized carbons (Fsp3) is 0.857. The van der Waals surface area contributed by atoms with Gasteiger partial charge in [-0.3, -0.25) is 0 Å². The normalized spacial score (nSPS) is 27.4. The number of hydrogen-bond acceptors (Lipinski definition) is 3. The van der Waals surface area contributed by atoms with Crippen molar-refractivity contribution in [3.05, 3.63) is 10.4 Å². The number of nitrogens with zero attached hydrogens (tertiary/aromatic N) is 3. The lowest BCUT2D eigenvalue weighted by molar-refractivity contribution is 0.0792. The topological polar surface area (TPSA) is 101 Å². The highest BCUT2D eigenvalue weighted by Crippen LogP contribution is 2.23. The first-order chi connectivity index (χ1) is 6.22. The SMILES string of the molecule is [N-]=[N+]=NC1CCC(OC(N)=O)CC1. The molecule has 0 heterocycles. The van der Waals surface area contributed by atoms with E-state index < -0.39 is 6.09 Å². The van der Waals surface area contributed by atoms with Gasteiger partial charge in [-0.15, -0.1) is 0 Å². The predicted octanol–water partition coefficient (Wildman–Crippen LogP) is 1.70. The van der Waals surface area contributed by atoms with Gasteiger partial charge in [-0.2, -0.15) is 0 Å². The van der Waals surface area contributed by atoms with Crippen molar-refractivity contribution in [2.45, 2.75) is 37.8 Å². The highest BCUT2D eigenvalue weighted by molar-refractivity contribution is 5.64. The van der Waals surface area contributed by atoms with Crippen LogP contribution in [0.5, 0.6) is 0 Å². The molecule has 0 radical (unpaired) electrons. The first-order valence-electron chi connectivity index (χ1n) is 4.22. The van der Waals surface area contributed by atoms with Gasteiger partial charge in [-0.05, 0) is 31.2 Å². The number of rotatable bonds is 2. The quantitative estimate of drug-likeness (QED) is 0.401. The lowest BCUT2D eigenvalue weighted by Crippen LogP contribution is -2.28. The zero-order valence-electron chi connectivity index (χ0n) is 7.22. The van der Waals surface area contributed by atoms with E-state index in [2.05, 4.69) is 10.0 Å². The minimum absolute atomic E-state index is 0.0535. The van der Waals surface area contributed by atoms with Gasteiger partial charge >= 0.3 is 6.09 Å². The molecular formula is C7H12N4O2. The predicted molar refractivity (Wildman–Crippen MR) is 45.9 cm³/mol. The molecule has 0 aromatic rings. The van der Waals surface area contributed by atoms with Gasteiger partial charge in [-0.25, -0.2) is 4.79 Å². The van der Waals surface area contributed by atoms with E-state index in [4.69, 9.17) is 16.0 Å². The Hall–Kier alpha value is -1.42. The summed E-state index contributed by atoms with van der Waals surface area (Å²) in [5.41, 5.74) is 13.1. The number of hydrogen-bond donors (Lipinski definition) is 1. The highest BCUT2D eigenvalue weighted by Gasteiger charge is 2.22. The molecule has 1 aliphatic rings. The van der Waals surface area contributed by atoms with Gasteiger partial charge in [0.05, 0.1) is 0 Å². The van der Waals surface area contributed by atoms with Crippen molar-refractivity contribution in [3.8, 4) is 0 Å². The van der Waals surface area contributed by atoms with Gasteiger partial charge in [0.25, 0.3) is 0 Å². The average molecular weight is 184 g/mol. The average Bonchev–Trinajstić information content (AvgIpc) is 2.08. The maximum Gasteiger partial charge on any atom is 0.404 e. The Morgan fingerprint density at radius 1 is 1.46 bits per heavy atom. The second-order valence-electron chi connectivity index (χ2n) is 3.07. The molecule has 0 unspecified atom stereocenters. The standard InChI is InChI=1S/C7H12N4O2/c8-7(12)13-6-3-1-5(2-4-6)10-11-9/h5-6H,1-4H2,(H2,8,12). The van der Waals surface area contributed by atoms with Crippen LogP contribution in [0.15, 0.2) is 5.11 Å². The smallest absolute Gasteiger partial charge is 0.404 e. The fourth-order valence-corrected chi connectivity index (χ4v) is 1.52. The van der Waals surface area contributed by atoms with E-state index >= 15 is 0 Å². The molecule has 1 amide bonds. The number of azide groups is 1. The van der Waals surface area contributed by atoms with Crippen LogP contribution >= 0.6 is 0 Å². The monoisotopic (exact) mass is 184 g/mol. The van der Waals surface area contributed by atoms with E-state index in [0.29, 0.717) is 0 Å². The van der Waals surface area contributed by atoms with Crippen LogP contribution in [0.1, 0.15) is 25.7 Å². The Kier molecular flexibility index (Phi) is 3.40. The largest absolute Gasteiger partial charge is 0.446 e. The third-order valence-electron chi connectivity index (χ3n) is 2.14. The number of nitrogens with two attached hydrogens (primary N) is 1. The molecule has 6 heteroatoms. The van der Waals surface area contributed by atoms with Crippen molar-refractivity contribution in [1.82, 2.24) is 0 Å². The number of ether oxygens (including phenoxy) is 1. The molecule has 0 aromatic carbocycles. The van der Waals surface area contributed by atoms with E-state index in [1.807, 2.05) is 0 Å². The molecular weight excluding hydrogens is 172 g/mol. The molecule has 6 nitrogen and oxygen atoms in total. The Morgan fingerprint density at radius 3 is 2.54 bits per heavy atom. The van der Waals surface area contributed by atoms with Gasteiger partial charge in [0, 0.05) is 11.0 Å². The molecule has 72 valence electrons. The summed E-state index contributed by atoms with van der Waals surface area (Å²) < 4.78 is 4.82. The molecule has 1 saturated carbocycles. The summed E-state index contributed by atoms with van der Waals surface area (Å²) >= 11 is 0. The van der Waals surface area contributed by atoms with Crippen LogP contribution in [0.25, 0.3) is 10.4 Å². The van der Waals surface area contributed by atoms with Gasteiger partial charge < -0.3 is 10.5 Å². The molecule has 2 N–H and O–H groups in total. The molecule has 0 aromatic heterocycles. The summed E-state index contributed by atoms with van der Waals surface area (Å²) in [6.45, 7) is 0. The van der Waals surface area contributed by atoms with Crippen molar-refractivity contribution in [2.75, 3.05) is 0 Å². The van der Waals surface area contributed by atoms with Gasteiger partial charge in [0.2, 0.25) is 0 Å². The molecule has 1 aliphatic carbocycles. The van der Waals surface area contributed by atoms with E-state index in [1.165, 1.54) is 0 Å². The summed E-state index contributed by atoms with van der Waals surface area (Å²) in [5.74, 6) is 0. The molecule has 0 saturated heterocycles. The lowest BCUT2D eigenvalue weighted by Gasteiger charge is -2.24. The van der Waals surface area contributed by atoms with Crippen molar-refractivity contribution in [3.63, 3.8) is 0 Å². The van der Waals surface area contributed by atoms with Crippen LogP contribution in [0.2, 0.25) is 0 Å². The number of amides is 1. The van der Waals surface area contributed by atoms with E-state index in [0.717, 1.165) is 25.7 Å². The van der Waals surface area contributed by atoms with Gasteiger partial charge in [-0.1, -0.05) is 5.11 Å². The molecule has 0 atom stereocenters. The first kappa shape index (κ1) is 9.67. The van der Waals surface area contributed by atoms with E-state index in [9.17, 15) is 4.79 Å². The van der Waals surface area contributed by atoms with Crippen LogP contribution in [-0.2, 0) is 4.74 Å². The molecule has 1 rings (SSSR count). The Balaban J connectivity index is 2.30. The second-order valence-corrected chi connectivity index (χ2v) is 3.07. The number of carbonyl (C=O) groups is 1. The third kappa shape index (κ3) is 3.21. The molecule has 0 aliphatic heterocycles. The van der Waals surface area contributed by atoms with Crippen molar-refractivity contribution in [2.24, 2.45) is 10.8 Å². The fourth-order valence-electron chi connectivity index (χ4n) is 1.52. The maximum absolute atomic E-state index is 10.4. The second kappa shape index (κ2) is 4.57.